The number of hydrogen-bond donors (Lipinski definition) is 1. The van der Waals surface area contributed by atoms with Crippen LogP contribution in [0.5, 0.6) is 5.75 Å². The van der Waals surface area contributed by atoms with Gasteiger partial charge in [0.2, 0.25) is 0 Å². The van der Waals surface area contributed by atoms with Gasteiger partial charge in [0.25, 0.3) is 0 Å². The van der Waals surface area contributed by atoms with Gasteiger partial charge in [0.1, 0.15) is 0 Å². The summed E-state index contributed by atoms with van der Waals surface area (Å²) in [6.07, 6.45) is 3.29. The van der Waals surface area contributed by atoms with E-state index < -0.39 is 4.92 Å². The highest BCUT2D eigenvalue weighted by molar-refractivity contribution is 5.48. The Kier molecular flexibility index (Phi) is 4.15. The maximum absolute atomic E-state index is 10.9. The summed E-state index contributed by atoms with van der Waals surface area (Å²) in [6, 6.07) is 5.70. The smallest absolute Gasteiger partial charge is 0.310 e. The van der Waals surface area contributed by atoms with Crippen molar-refractivity contribution in [3.8, 4) is 5.75 Å². The van der Waals surface area contributed by atoms with E-state index in [0.29, 0.717) is 18.4 Å². The lowest BCUT2D eigenvalue weighted by Crippen LogP contribution is -2.15. The number of rotatable bonds is 7. The van der Waals surface area contributed by atoms with Gasteiger partial charge >= 0.3 is 5.69 Å². The molecule has 0 amide bonds. The Labute approximate surface area is 106 Å². The summed E-state index contributed by atoms with van der Waals surface area (Å²) in [4.78, 5) is 10.5. The standard InChI is InChI=1S/C13H18N2O3/c1-2-7-18-13-8-10(9-14-11-4-5-11)3-6-12(13)15(16)17/h3,6,8,11,14H,2,4-5,7,9H2,1H3. The first kappa shape index (κ1) is 12.8. The maximum atomic E-state index is 10.9. The molecule has 1 aromatic rings. The van der Waals surface area contributed by atoms with Gasteiger partial charge in [-0.3, -0.25) is 10.1 Å². The molecule has 1 fully saturated rings. The molecule has 1 aliphatic rings. The van der Waals surface area contributed by atoms with Gasteiger partial charge in [0.05, 0.1) is 11.5 Å². The first-order chi connectivity index (χ1) is 8.70. The molecule has 5 nitrogen and oxygen atoms in total. The van der Waals surface area contributed by atoms with Gasteiger partial charge in [0, 0.05) is 18.7 Å². The van der Waals surface area contributed by atoms with Crippen LogP contribution in [0.1, 0.15) is 31.7 Å². The van der Waals surface area contributed by atoms with Crippen LogP contribution in [0.4, 0.5) is 5.69 Å². The summed E-state index contributed by atoms with van der Waals surface area (Å²) in [5, 5.41) is 14.3. The summed E-state index contributed by atoms with van der Waals surface area (Å²) in [7, 11) is 0. The average Bonchev–Trinajstić information content (AvgIpc) is 3.17. The van der Waals surface area contributed by atoms with Crippen molar-refractivity contribution in [3.63, 3.8) is 0 Å². The van der Waals surface area contributed by atoms with Crippen molar-refractivity contribution >= 4 is 5.69 Å². The van der Waals surface area contributed by atoms with Crippen LogP contribution < -0.4 is 10.1 Å². The monoisotopic (exact) mass is 250 g/mol. The van der Waals surface area contributed by atoms with Crippen LogP contribution in [0.15, 0.2) is 18.2 Å². The first-order valence-corrected chi connectivity index (χ1v) is 6.34. The molecule has 0 spiro atoms. The van der Waals surface area contributed by atoms with E-state index in [4.69, 9.17) is 4.74 Å². The van der Waals surface area contributed by atoms with Gasteiger partial charge in [-0.2, -0.15) is 0 Å². The molecule has 0 unspecified atom stereocenters. The molecule has 18 heavy (non-hydrogen) atoms. The van der Waals surface area contributed by atoms with Crippen molar-refractivity contribution in [1.29, 1.82) is 0 Å². The van der Waals surface area contributed by atoms with Crippen LogP contribution in [-0.4, -0.2) is 17.6 Å². The fraction of sp³-hybridized carbons (Fsp3) is 0.538. The Morgan fingerprint density at radius 1 is 1.50 bits per heavy atom. The molecule has 0 bridgehead atoms. The molecule has 1 aromatic carbocycles. The molecule has 0 aliphatic heterocycles. The molecule has 0 saturated heterocycles. The maximum Gasteiger partial charge on any atom is 0.310 e. The van der Waals surface area contributed by atoms with Crippen LogP contribution in [-0.2, 0) is 6.54 Å². The number of ether oxygens (including phenoxy) is 1. The zero-order valence-corrected chi connectivity index (χ0v) is 10.5. The lowest BCUT2D eigenvalue weighted by atomic mass is 10.2. The summed E-state index contributed by atoms with van der Waals surface area (Å²) in [6.45, 7) is 3.22. The topological polar surface area (TPSA) is 64.4 Å². The van der Waals surface area contributed by atoms with E-state index in [9.17, 15) is 10.1 Å². The molecule has 0 radical (unpaired) electrons. The van der Waals surface area contributed by atoms with Crippen LogP contribution in [0.2, 0.25) is 0 Å². The van der Waals surface area contributed by atoms with Gasteiger partial charge < -0.3 is 10.1 Å². The quantitative estimate of drug-likeness (QED) is 0.597. The Morgan fingerprint density at radius 3 is 2.89 bits per heavy atom. The Balaban J connectivity index is 2.08. The SMILES string of the molecule is CCCOc1cc(CNC2CC2)ccc1[N+](=O)[O-]. The predicted molar refractivity (Wildman–Crippen MR) is 68.7 cm³/mol. The second-order valence-electron chi connectivity index (χ2n) is 4.56. The lowest BCUT2D eigenvalue weighted by molar-refractivity contribution is -0.385. The highest BCUT2D eigenvalue weighted by Crippen LogP contribution is 2.28. The summed E-state index contributed by atoms with van der Waals surface area (Å²) < 4.78 is 5.44. The molecular weight excluding hydrogens is 232 g/mol. The molecule has 98 valence electrons. The third-order valence-corrected chi connectivity index (χ3v) is 2.85. The van der Waals surface area contributed by atoms with Crippen molar-refractivity contribution in [2.75, 3.05) is 6.61 Å². The van der Waals surface area contributed by atoms with Crippen molar-refractivity contribution in [1.82, 2.24) is 5.32 Å². The molecule has 1 aliphatic carbocycles. The minimum absolute atomic E-state index is 0.0404. The minimum atomic E-state index is -0.400. The molecule has 2 rings (SSSR count). The van der Waals surface area contributed by atoms with Gasteiger partial charge in [-0.25, -0.2) is 0 Å². The van der Waals surface area contributed by atoms with E-state index >= 15 is 0 Å². The predicted octanol–water partition coefficient (Wildman–Crippen LogP) is 2.64. The highest BCUT2D eigenvalue weighted by Gasteiger charge is 2.21. The van der Waals surface area contributed by atoms with Crippen LogP contribution in [0.3, 0.4) is 0 Å². The van der Waals surface area contributed by atoms with E-state index in [-0.39, 0.29) is 5.69 Å². The summed E-state index contributed by atoms with van der Waals surface area (Å²) in [5.74, 6) is 0.372. The summed E-state index contributed by atoms with van der Waals surface area (Å²) >= 11 is 0. The number of nitrogens with zero attached hydrogens (tertiary/aromatic N) is 1. The van der Waals surface area contributed by atoms with Crippen molar-refractivity contribution in [2.24, 2.45) is 0 Å². The number of nitro benzene ring substituents is 1. The Morgan fingerprint density at radius 2 is 2.28 bits per heavy atom. The largest absolute Gasteiger partial charge is 0.487 e. The Hall–Kier alpha value is -1.62. The van der Waals surface area contributed by atoms with E-state index in [1.54, 1.807) is 12.1 Å². The molecule has 0 heterocycles. The van der Waals surface area contributed by atoms with E-state index in [2.05, 4.69) is 5.32 Å². The second-order valence-corrected chi connectivity index (χ2v) is 4.56. The van der Waals surface area contributed by atoms with E-state index in [1.807, 2.05) is 6.92 Å². The van der Waals surface area contributed by atoms with Crippen LogP contribution >= 0.6 is 0 Å². The fourth-order valence-electron chi connectivity index (χ4n) is 1.70. The van der Waals surface area contributed by atoms with Gasteiger partial charge in [-0.05, 0) is 30.9 Å². The van der Waals surface area contributed by atoms with Gasteiger partial charge in [-0.15, -0.1) is 0 Å². The van der Waals surface area contributed by atoms with Gasteiger partial charge in [0.15, 0.2) is 5.75 Å². The molecule has 0 atom stereocenters. The zero-order valence-electron chi connectivity index (χ0n) is 10.5. The molecule has 1 N–H and O–H groups in total. The minimum Gasteiger partial charge on any atom is -0.487 e. The van der Waals surface area contributed by atoms with Gasteiger partial charge in [-0.1, -0.05) is 13.0 Å². The van der Waals surface area contributed by atoms with Crippen molar-refractivity contribution in [2.45, 2.75) is 38.8 Å². The average molecular weight is 250 g/mol. The third kappa shape index (κ3) is 3.43. The highest BCUT2D eigenvalue weighted by atomic mass is 16.6. The molecule has 5 heteroatoms. The van der Waals surface area contributed by atoms with E-state index in [0.717, 1.165) is 18.5 Å². The van der Waals surface area contributed by atoms with Crippen LogP contribution in [0.25, 0.3) is 0 Å². The second kappa shape index (κ2) is 5.82. The van der Waals surface area contributed by atoms with Crippen LogP contribution in [0, 0.1) is 10.1 Å². The Bertz CT molecular complexity index is 430. The number of hydrogen-bond acceptors (Lipinski definition) is 4. The third-order valence-electron chi connectivity index (χ3n) is 2.85. The number of benzene rings is 1. The van der Waals surface area contributed by atoms with E-state index in [1.165, 1.54) is 18.9 Å². The lowest BCUT2D eigenvalue weighted by Gasteiger charge is -2.08. The molecular formula is C13H18N2O3. The van der Waals surface area contributed by atoms with Crippen molar-refractivity contribution in [3.05, 3.63) is 33.9 Å². The van der Waals surface area contributed by atoms with Crippen molar-refractivity contribution < 1.29 is 9.66 Å². The molecule has 0 aromatic heterocycles. The normalized spacial score (nSPS) is 14.5. The first-order valence-electron chi connectivity index (χ1n) is 6.34. The molecule has 1 saturated carbocycles. The zero-order chi connectivity index (χ0) is 13.0. The summed E-state index contributed by atoms with van der Waals surface area (Å²) in [5.41, 5.74) is 1.07. The number of nitro groups is 1. The fourth-order valence-corrected chi connectivity index (χ4v) is 1.70. The number of nitrogens with one attached hydrogen (secondary N) is 1.